The molecule has 2 heterocycles. The molecule has 1 atom stereocenters. The van der Waals surface area contributed by atoms with Crippen LogP contribution in [0.3, 0.4) is 0 Å². The van der Waals surface area contributed by atoms with Crippen LogP contribution >= 0.6 is 11.8 Å². The smallest absolute Gasteiger partial charge is 0.209 e. The average Bonchev–Trinajstić information content (AvgIpc) is 2.84. The van der Waals surface area contributed by atoms with Crippen LogP contribution in [0.2, 0.25) is 0 Å². The van der Waals surface area contributed by atoms with Crippen molar-refractivity contribution in [1.82, 2.24) is 25.5 Å². The Morgan fingerprint density at radius 2 is 2.25 bits per heavy atom. The van der Waals surface area contributed by atoms with Crippen molar-refractivity contribution < 1.29 is 4.74 Å². The first-order chi connectivity index (χ1) is 9.54. The zero-order valence-electron chi connectivity index (χ0n) is 12.6. The molecule has 6 nitrogen and oxygen atoms in total. The Balaban J connectivity index is 1.76. The van der Waals surface area contributed by atoms with Gasteiger partial charge >= 0.3 is 0 Å². The Hall–Kier alpha value is -0.660. The molecule has 0 bridgehead atoms. The minimum absolute atomic E-state index is 0.122. The number of hydrogen-bond donors (Lipinski definition) is 1. The maximum atomic E-state index is 5.73. The van der Waals surface area contributed by atoms with Crippen LogP contribution in [-0.4, -0.2) is 50.8 Å². The van der Waals surface area contributed by atoms with E-state index in [0.29, 0.717) is 6.10 Å². The SMILES string of the molecule is CC(C)(C)NCCn1nnnc1SCC1CCCCO1. The molecular formula is C13H25N5OS. The zero-order valence-corrected chi connectivity index (χ0v) is 13.4. The molecule has 1 aliphatic rings. The summed E-state index contributed by atoms with van der Waals surface area (Å²) in [4.78, 5) is 0. The molecule has 1 fully saturated rings. The molecule has 2 rings (SSSR count). The first kappa shape index (κ1) is 15.7. The highest BCUT2D eigenvalue weighted by atomic mass is 32.2. The van der Waals surface area contributed by atoms with Gasteiger partial charge in [0.25, 0.3) is 0 Å². The van der Waals surface area contributed by atoms with E-state index in [1.54, 1.807) is 11.8 Å². The molecule has 1 N–H and O–H groups in total. The molecule has 0 spiro atoms. The molecule has 1 aromatic rings. The van der Waals surface area contributed by atoms with Gasteiger partial charge in [0.1, 0.15) is 0 Å². The molecule has 1 saturated heterocycles. The van der Waals surface area contributed by atoms with Gasteiger partial charge < -0.3 is 10.1 Å². The summed E-state index contributed by atoms with van der Waals surface area (Å²) in [5.74, 6) is 0.938. The summed E-state index contributed by atoms with van der Waals surface area (Å²) in [5, 5.41) is 16.3. The van der Waals surface area contributed by atoms with Crippen LogP contribution in [0.5, 0.6) is 0 Å². The van der Waals surface area contributed by atoms with E-state index in [-0.39, 0.29) is 5.54 Å². The Labute approximate surface area is 125 Å². The van der Waals surface area contributed by atoms with Gasteiger partial charge in [-0.15, -0.1) is 5.10 Å². The standard InChI is InChI=1S/C13H25N5OS/c1-13(2,3)14-7-8-18-12(15-16-17-18)20-10-11-6-4-5-9-19-11/h11,14H,4-10H2,1-3H3. The van der Waals surface area contributed by atoms with Crippen molar-refractivity contribution in [3.63, 3.8) is 0 Å². The van der Waals surface area contributed by atoms with Crippen LogP contribution in [0.15, 0.2) is 5.16 Å². The molecule has 0 aromatic carbocycles. The van der Waals surface area contributed by atoms with E-state index in [2.05, 4.69) is 41.6 Å². The maximum absolute atomic E-state index is 5.73. The van der Waals surface area contributed by atoms with E-state index in [4.69, 9.17) is 4.74 Å². The molecule has 0 saturated carbocycles. The van der Waals surface area contributed by atoms with Crippen molar-refractivity contribution in [2.75, 3.05) is 18.9 Å². The van der Waals surface area contributed by atoms with Crippen LogP contribution < -0.4 is 5.32 Å². The van der Waals surface area contributed by atoms with Gasteiger partial charge in [0.15, 0.2) is 0 Å². The van der Waals surface area contributed by atoms with E-state index >= 15 is 0 Å². The fourth-order valence-corrected chi connectivity index (χ4v) is 3.05. The number of aromatic nitrogens is 4. The van der Waals surface area contributed by atoms with Gasteiger partial charge in [0, 0.05) is 24.4 Å². The third kappa shape index (κ3) is 5.38. The van der Waals surface area contributed by atoms with E-state index in [0.717, 1.165) is 37.0 Å². The van der Waals surface area contributed by atoms with Crippen molar-refractivity contribution in [1.29, 1.82) is 0 Å². The zero-order chi connectivity index (χ0) is 14.4. The van der Waals surface area contributed by atoms with Gasteiger partial charge in [0.05, 0.1) is 12.6 Å². The maximum Gasteiger partial charge on any atom is 0.209 e. The van der Waals surface area contributed by atoms with Gasteiger partial charge in [-0.2, -0.15) is 0 Å². The topological polar surface area (TPSA) is 64.9 Å². The van der Waals surface area contributed by atoms with Crippen LogP contribution in [0.1, 0.15) is 40.0 Å². The summed E-state index contributed by atoms with van der Waals surface area (Å²) in [7, 11) is 0. The highest BCUT2D eigenvalue weighted by Gasteiger charge is 2.16. The fraction of sp³-hybridized carbons (Fsp3) is 0.923. The number of nitrogens with one attached hydrogen (secondary N) is 1. The lowest BCUT2D eigenvalue weighted by molar-refractivity contribution is 0.0315. The average molecular weight is 299 g/mol. The van der Waals surface area contributed by atoms with Crippen molar-refractivity contribution in [3.05, 3.63) is 0 Å². The molecule has 0 aliphatic carbocycles. The summed E-state index contributed by atoms with van der Waals surface area (Å²) in [6.07, 6.45) is 3.97. The summed E-state index contributed by atoms with van der Waals surface area (Å²) in [6.45, 7) is 9.01. The van der Waals surface area contributed by atoms with Crippen molar-refractivity contribution in [2.45, 2.75) is 63.4 Å². The van der Waals surface area contributed by atoms with Crippen molar-refractivity contribution >= 4 is 11.8 Å². The minimum atomic E-state index is 0.122. The van der Waals surface area contributed by atoms with E-state index in [1.807, 2.05) is 4.68 Å². The van der Waals surface area contributed by atoms with Gasteiger partial charge in [-0.1, -0.05) is 11.8 Å². The molecule has 1 aromatic heterocycles. The number of rotatable bonds is 6. The predicted octanol–water partition coefficient (Wildman–Crippen LogP) is 1.72. The highest BCUT2D eigenvalue weighted by Crippen LogP contribution is 2.21. The molecular weight excluding hydrogens is 274 g/mol. The second-order valence-electron chi connectivity index (χ2n) is 6.16. The van der Waals surface area contributed by atoms with Crippen molar-refractivity contribution in [2.24, 2.45) is 0 Å². The molecule has 0 radical (unpaired) electrons. The monoisotopic (exact) mass is 299 g/mol. The Kier molecular flexibility index (Phi) is 5.80. The van der Waals surface area contributed by atoms with Crippen LogP contribution in [0.4, 0.5) is 0 Å². The Bertz CT molecular complexity index is 398. The molecule has 0 amide bonds. The molecule has 20 heavy (non-hydrogen) atoms. The first-order valence-corrected chi connectivity index (χ1v) is 8.29. The fourth-order valence-electron chi connectivity index (χ4n) is 2.08. The van der Waals surface area contributed by atoms with E-state index in [1.165, 1.54) is 12.8 Å². The second-order valence-corrected chi connectivity index (χ2v) is 7.15. The number of nitrogens with zero attached hydrogens (tertiary/aromatic N) is 4. The summed E-state index contributed by atoms with van der Waals surface area (Å²) in [6, 6.07) is 0. The number of hydrogen-bond acceptors (Lipinski definition) is 6. The number of thioether (sulfide) groups is 1. The molecule has 1 aliphatic heterocycles. The normalized spacial score (nSPS) is 20.2. The quantitative estimate of drug-likeness (QED) is 0.807. The molecule has 1 unspecified atom stereocenters. The first-order valence-electron chi connectivity index (χ1n) is 7.30. The van der Waals surface area contributed by atoms with Crippen LogP contribution in [-0.2, 0) is 11.3 Å². The Morgan fingerprint density at radius 1 is 1.40 bits per heavy atom. The third-order valence-electron chi connectivity index (χ3n) is 3.15. The lowest BCUT2D eigenvalue weighted by Gasteiger charge is -2.22. The largest absolute Gasteiger partial charge is 0.377 e. The van der Waals surface area contributed by atoms with Gasteiger partial charge in [-0.05, 0) is 50.5 Å². The Morgan fingerprint density at radius 3 is 2.95 bits per heavy atom. The molecule has 7 heteroatoms. The van der Waals surface area contributed by atoms with Gasteiger partial charge in [0.2, 0.25) is 5.16 Å². The highest BCUT2D eigenvalue weighted by molar-refractivity contribution is 7.99. The number of tetrazole rings is 1. The van der Waals surface area contributed by atoms with E-state index < -0.39 is 0 Å². The van der Waals surface area contributed by atoms with E-state index in [9.17, 15) is 0 Å². The lowest BCUT2D eigenvalue weighted by Crippen LogP contribution is -2.38. The lowest BCUT2D eigenvalue weighted by atomic mass is 10.1. The number of ether oxygens (including phenoxy) is 1. The summed E-state index contributed by atoms with van der Waals surface area (Å²) in [5.41, 5.74) is 0.122. The second kappa shape index (κ2) is 7.38. The van der Waals surface area contributed by atoms with Crippen LogP contribution in [0.25, 0.3) is 0 Å². The van der Waals surface area contributed by atoms with Gasteiger partial charge in [-0.3, -0.25) is 0 Å². The van der Waals surface area contributed by atoms with Crippen molar-refractivity contribution in [3.8, 4) is 0 Å². The minimum Gasteiger partial charge on any atom is -0.377 e. The summed E-state index contributed by atoms with van der Waals surface area (Å²) >= 11 is 1.69. The van der Waals surface area contributed by atoms with Crippen LogP contribution in [0, 0.1) is 0 Å². The summed E-state index contributed by atoms with van der Waals surface area (Å²) < 4.78 is 7.60. The van der Waals surface area contributed by atoms with Gasteiger partial charge in [-0.25, -0.2) is 4.68 Å². The molecule has 114 valence electrons. The predicted molar refractivity (Wildman–Crippen MR) is 79.9 cm³/mol. The third-order valence-corrected chi connectivity index (χ3v) is 4.24.